The second kappa shape index (κ2) is 14.1. The van der Waals surface area contributed by atoms with Crippen LogP contribution in [0.3, 0.4) is 0 Å². The van der Waals surface area contributed by atoms with Gasteiger partial charge in [-0.15, -0.1) is 0 Å². The zero-order valence-corrected chi connectivity index (χ0v) is 25.4. The molecule has 2 aromatic rings. The van der Waals surface area contributed by atoms with Crippen molar-refractivity contribution in [3.63, 3.8) is 0 Å². The molecule has 0 aliphatic rings. The highest BCUT2D eigenvalue weighted by Gasteiger charge is 2.32. The monoisotopic (exact) mass is 566 g/mol. The first kappa shape index (κ1) is 31.0. The highest BCUT2D eigenvalue weighted by molar-refractivity contribution is 6.84. The molecule has 0 saturated heterocycles. The third-order valence-electron chi connectivity index (χ3n) is 6.01. The third kappa shape index (κ3) is 11.0. The quantitative estimate of drug-likeness (QED) is 0.116. The molecule has 0 aromatic heterocycles. The molecule has 0 unspecified atom stereocenters. The molecule has 0 amide bonds. The minimum Gasteiger partial charge on any atom is -0.493 e. The van der Waals surface area contributed by atoms with E-state index in [1.807, 2.05) is 24.3 Å². The second-order valence-corrected chi connectivity index (χ2v) is 19.5. The Hall–Kier alpha value is -2.18. The van der Waals surface area contributed by atoms with Crippen LogP contribution in [0.4, 0.5) is 4.79 Å². The predicted molar refractivity (Wildman–Crippen MR) is 151 cm³/mol. The van der Waals surface area contributed by atoms with Crippen molar-refractivity contribution < 1.29 is 33.0 Å². The third-order valence-corrected chi connectivity index (χ3v) is 13.6. The first-order valence-corrected chi connectivity index (χ1v) is 19.1. The zero-order chi connectivity index (χ0) is 27.6. The Labute approximate surface area is 227 Å². The van der Waals surface area contributed by atoms with Gasteiger partial charge in [0.2, 0.25) is 0 Å². The van der Waals surface area contributed by atoms with Gasteiger partial charge in [0, 0.05) is 24.1 Å². The molecule has 0 bridgehead atoms. The van der Waals surface area contributed by atoms with Crippen LogP contribution in [-0.2, 0) is 28.4 Å². The van der Waals surface area contributed by atoms with Gasteiger partial charge < -0.3 is 23.4 Å². The first-order chi connectivity index (χ1) is 17.3. The van der Waals surface area contributed by atoms with Gasteiger partial charge in [-0.3, -0.25) is 4.79 Å². The molecule has 204 valence electrons. The number of carbonyl (C=O) groups excluding carboxylic acids is 2. The number of aliphatic hydroxyl groups is 1. The van der Waals surface area contributed by atoms with Gasteiger partial charge >= 0.3 is 11.4 Å². The highest BCUT2D eigenvalue weighted by atomic mass is 35.5. The number of aryl methyl sites for hydroxylation is 2. The normalized spacial score (nSPS) is 11.8. The maximum atomic E-state index is 11.3. The fraction of sp³-hybridized carbons (Fsp3) is 0.481. The maximum Gasteiger partial charge on any atom is 0.409 e. The Morgan fingerprint density at radius 1 is 0.838 bits per heavy atom. The van der Waals surface area contributed by atoms with E-state index >= 15 is 0 Å². The SMILES string of the molecule is COc1cc(CCC[Si](C)(C)O[Si](C)(C)CCCc2ccc(OC(=O)Cl)c(CO)c2)ccc1OC(C)=O. The molecular formula is C27H39ClO7Si2. The van der Waals surface area contributed by atoms with Crippen molar-refractivity contribution in [2.24, 2.45) is 0 Å². The summed E-state index contributed by atoms with van der Waals surface area (Å²) in [4.78, 5) is 22.3. The van der Waals surface area contributed by atoms with E-state index in [1.54, 1.807) is 19.2 Å². The summed E-state index contributed by atoms with van der Waals surface area (Å²) in [6.45, 7) is 10.3. The van der Waals surface area contributed by atoms with Crippen LogP contribution in [0.15, 0.2) is 36.4 Å². The molecule has 10 heteroatoms. The van der Waals surface area contributed by atoms with Crippen LogP contribution < -0.4 is 14.2 Å². The van der Waals surface area contributed by atoms with Gasteiger partial charge in [0.15, 0.2) is 28.1 Å². The fourth-order valence-corrected chi connectivity index (χ4v) is 13.4. The molecule has 37 heavy (non-hydrogen) atoms. The molecular weight excluding hydrogens is 528 g/mol. The van der Waals surface area contributed by atoms with Crippen molar-refractivity contribution >= 4 is 39.6 Å². The number of methoxy groups -OCH3 is 1. The lowest BCUT2D eigenvalue weighted by atomic mass is 10.1. The summed E-state index contributed by atoms with van der Waals surface area (Å²) >= 11 is 5.29. The van der Waals surface area contributed by atoms with Crippen LogP contribution in [0.2, 0.25) is 38.3 Å². The van der Waals surface area contributed by atoms with Crippen LogP contribution in [0.5, 0.6) is 17.2 Å². The lowest BCUT2D eigenvalue weighted by Crippen LogP contribution is -2.44. The summed E-state index contributed by atoms with van der Waals surface area (Å²) in [5.41, 5.74) is 1.85. The number of rotatable bonds is 14. The largest absolute Gasteiger partial charge is 0.493 e. The van der Waals surface area contributed by atoms with Crippen LogP contribution in [0.25, 0.3) is 0 Å². The number of hydrogen-bond donors (Lipinski definition) is 1. The summed E-state index contributed by atoms with van der Waals surface area (Å²) in [5, 5.41) is 9.58. The minimum atomic E-state index is -1.86. The predicted octanol–water partition coefficient (Wildman–Crippen LogP) is 6.84. The molecule has 1 N–H and O–H groups in total. The molecule has 0 aliphatic carbocycles. The number of halogens is 1. The van der Waals surface area contributed by atoms with E-state index < -0.39 is 22.1 Å². The molecule has 0 spiro atoms. The van der Waals surface area contributed by atoms with E-state index in [0.717, 1.165) is 48.9 Å². The molecule has 2 aromatic carbocycles. The second-order valence-electron chi connectivity index (χ2n) is 10.3. The Bertz CT molecular complexity index is 989. The Balaban J connectivity index is 1.85. The molecule has 0 radical (unpaired) electrons. The van der Waals surface area contributed by atoms with Crippen LogP contribution in [0.1, 0.15) is 36.5 Å². The van der Waals surface area contributed by atoms with Crippen molar-refractivity contribution in [1.29, 1.82) is 0 Å². The number of aliphatic hydroxyl groups excluding tert-OH is 1. The van der Waals surface area contributed by atoms with E-state index in [-0.39, 0.29) is 18.3 Å². The summed E-state index contributed by atoms with van der Waals surface area (Å²) in [7, 11) is -2.13. The van der Waals surface area contributed by atoms with Gasteiger partial charge in [-0.05, 0) is 99.4 Å². The Morgan fingerprint density at radius 2 is 1.38 bits per heavy atom. The topological polar surface area (TPSA) is 91.3 Å². The van der Waals surface area contributed by atoms with E-state index in [9.17, 15) is 14.7 Å². The summed E-state index contributed by atoms with van der Waals surface area (Å²) in [5.74, 6) is 0.919. The fourth-order valence-electron chi connectivity index (χ4n) is 4.49. The average molecular weight is 567 g/mol. The van der Waals surface area contributed by atoms with Gasteiger partial charge in [0.25, 0.3) is 0 Å². The van der Waals surface area contributed by atoms with Crippen molar-refractivity contribution in [3.05, 3.63) is 53.1 Å². The van der Waals surface area contributed by atoms with E-state index in [4.69, 9.17) is 29.9 Å². The van der Waals surface area contributed by atoms with Gasteiger partial charge in [-0.1, -0.05) is 12.1 Å². The van der Waals surface area contributed by atoms with Crippen molar-refractivity contribution in [3.8, 4) is 17.2 Å². The first-order valence-electron chi connectivity index (χ1n) is 12.5. The molecule has 7 nitrogen and oxygen atoms in total. The Morgan fingerprint density at radius 3 is 1.86 bits per heavy atom. The number of ether oxygens (including phenoxy) is 3. The number of carbonyl (C=O) groups is 2. The maximum absolute atomic E-state index is 11.3. The number of benzene rings is 2. The average Bonchev–Trinajstić information content (AvgIpc) is 2.79. The lowest BCUT2D eigenvalue weighted by molar-refractivity contribution is -0.132. The van der Waals surface area contributed by atoms with Gasteiger partial charge in [0.1, 0.15) is 5.75 Å². The number of hydrogen-bond acceptors (Lipinski definition) is 7. The summed E-state index contributed by atoms with van der Waals surface area (Å²) in [6, 6.07) is 13.2. The van der Waals surface area contributed by atoms with E-state index in [0.29, 0.717) is 17.1 Å². The smallest absolute Gasteiger partial charge is 0.409 e. The van der Waals surface area contributed by atoms with E-state index in [1.165, 1.54) is 6.92 Å². The Kier molecular flexibility index (Phi) is 11.8. The summed E-state index contributed by atoms with van der Waals surface area (Å²) in [6.07, 6.45) is 3.76. The number of esters is 1. The molecule has 0 heterocycles. The highest BCUT2D eigenvalue weighted by Crippen LogP contribution is 2.30. The van der Waals surface area contributed by atoms with Gasteiger partial charge in [0.05, 0.1) is 13.7 Å². The molecule has 0 fully saturated rings. The van der Waals surface area contributed by atoms with Crippen LogP contribution in [0, 0.1) is 0 Å². The molecule has 0 atom stereocenters. The lowest BCUT2D eigenvalue weighted by Gasteiger charge is -2.34. The molecule has 2 rings (SSSR count). The zero-order valence-electron chi connectivity index (χ0n) is 22.7. The summed E-state index contributed by atoms with van der Waals surface area (Å²) < 4.78 is 22.3. The van der Waals surface area contributed by atoms with Gasteiger partial charge in [-0.25, -0.2) is 4.79 Å². The van der Waals surface area contributed by atoms with E-state index in [2.05, 4.69) is 26.2 Å². The van der Waals surface area contributed by atoms with Gasteiger partial charge in [-0.2, -0.15) is 0 Å². The van der Waals surface area contributed by atoms with Crippen molar-refractivity contribution in [2.45, 2.75) is 77.5 Å². The van der Waals surface area contributed by atoms with Crippen molar-refractivity contribution in [1.82, 2.24) is 0 Å². The van der Waals surface area contributed by atoms with Crippen LogP contribution in [-0.4, -0.2) is 40.2 Å². The minimum absolute atomic E-state index is 0.223. The molecule has 0 saturated carbocycles. The molecule has 0 aliphatic heterocycles. The standard InChI is InChI=1S/C27H39ClO7Si2/c1-20(30)33-25-14-12-22(18-26(25)32-2)10-8-16-37(5,6)35-36(3,4)15-7-9-21-11-13-24(34-27(28)31)23(17-21)19-29/h11-14,17-18,29H,7-10,15-16,19H2,1-6H3. The van der Waals surface area contributed by atoms with Crippen molar-refractivity contribution in [2.75, 3.05) is 7.11 Å². The van der Waals surface area contributed by atoms with Crippen LogP contribution >= 0.6 is 11.6 Å².